The van der Waals surface area contributed by atoms with Crippen molar-refractivity contribution in [3.8, 4) is 0 Å². The molecule has 41 heavy (non-hydrogen) atoms. The number of rotatable bonds is 6. The van der Waals surface area contributed by atoms with Crippen LogP contribution in [-0.4, -0.2) is 70.5 Å². The maximum atomic E-state index is 14.9. The van der Waals surface area contributed by atoms with Gasteiger partial charge in [0.2, 0.25) is 11.8 Å². The van der Waals surface area contributed by atoms with Crippen LogP contribution in [0.15, 0.2) is 66.7 Å². The lowest BCUT2D eigenvalue weighted by molar-refractivity contribution is -0.136. The molecule has 2 fully saturated rings. The number of amides is 4. The number of halogens is 2. The maximum absolute atomic E-state index is 14.9. The molecule has 2 saturated heterocycles. The van der Waals surface area contributed by atoms with Crippen molar-refractivity contribution in [1.29, 1.82) is 0 Å². The normalized spacial score (nSPS) is 20.1. The summed E-state index contributed by atoms with van der Waals surface area (Å²) in [6.07, 6.45) is 0.170. The lowest BCUT2D eigenvalue weighted by Crippen LogP contribution is -2.54. The van der Waals surface area contributed by atoms with Crippen molar-refractivity contribution in [3.63, 3.8) is 0 Å². The molecule has 3 aromatic carbocycles. The second-order valence-corrected chi connectivity index (χ2v) is 10.6. The molecule has 0 bridgehead atoms. The van der Waals surface area contributed by atoms with Crippen molar-refractivity contribution >= 4 is 23.6 Å². The molecular weight excluding hydrogens is 530 g/mol. The highest BCUT2D eigenvalue weighted by Crippen LogP contribution is 2.33. The van der Waals surface area contributed by atoms with Gasteiger partial charge in [0.15, 0.2) is 0 Å². The van der Waals surface area contributed by atoms with Gasteiger partial charge in [0.25, 0.3) is 11.8 Å². The number of fused-ring (bicyclic) bond motifs is 1. The van der Waals surface area contributed by atoms with E-state index in [0.29, 0.717) is 43.9 Å². The molecule has 3 aliphatic rings. The molecule has 210 valence electrons. The van der Waals surface area contributed by atoms with E-state index in [4.69, 9.17) is 0 Å². The summed E-state index contributed by atoms with van der Waals surface area (Å²) < 4.78 is 29.8. The van der Waals surface area contributed by atoms with Crippen LogP contribution in [0.25, 0.3) is 0 Å². The Morgan fingerprint density at radius 3 is 2.00 bits per heavy atom. The molecule has 0 aromatic heterocycles. The van der Waals surface area contributed by atoms with E-state index < -0.39 is 35.7 Å². The minimum atomic E-state index is -1.01. The second kappa shape index (κ2) is 10.9. The number of benzene rings is 3. The van der Waals surface area contributed by atoms with E-state index in [1.54, 1.807) is 54.6 Å². The highest BCUT2D eigenvalue weighted by Gasteiger charge is 2.44. The van der Waals surface area contributed by atoms with Crippen molar-refractivity contribution in [2.24, 2.45) is 0 Å². The second-order valence-electron chi connectivity index (χ2n) is 10.6. The third-order valence-electron chi connectivity index (χ3n) is 8.08. The predicted molar refractivity (Wildman–Crippen MR) is 145 cm³/mol. The van der Waals surface area contributed by atoms with Crippen LogP contribution in [0.2, 0.25) is 0 Å². The number of hydrogen-bond acceptors (Lipinski definition) is 6. The van der Waals surface area contributed by atoms with Gasteiger partial charge < -0.3 is 0 Å². The topological polar surface area (TPSA) is 90.0 Å². The fraction of sp³-hybridized carbons (Fsp3) is 0.290. The number of hydrogen-bond donors (Lipinski definition) is 1. The number of carbonyl (C=O) groups is 4. The Morgan fingerprint density at radius 2 is 1.39 bits per heavy atom. The summed E-state index contributed by atoms with van der Waals surface area (Å²) >= 11 is 0. The zero-order valence-electron chi connectivity index (χ0n) is 22.2. The van der Waals surface area contributed by atoms with E-state index in [2.05, 4.69) is 15.1 Å². The van der Waals surface area contributed by atoms with Gasteiger partial charge in [-0.1, -0.05) is 42.5 Å². The number of carbonyl (C=O) groups excluding carboxylic acids is 4. The monoisotopic (exact) mass is 558 g/mol. The summed E-state index contributed by atoms with van der Waals surface area (Å²) in [6, 6.07) is 16.4. The van der Waals surface area contributed by atoms with E-state index in [1.807, 2.05) is 0 Å². The first kappa shape index (κ1) is 26.9. The Balaban J connectivity index is 1.16. The molecule has 10 heteroatoms. The number of piperidine rings is 1. The lowest BCUT2D eigenvalue weighted by atomic mass is 9.95. The summed E-state index contributed by atoms with van der Waals surface area (Å²) in [5, 5.41) is 2.20. The van der Waals surface area contributed by atoms with Crippen molar-refractivity contribution in [2.45, 2.75) is 31.5 Å². The van der Waals surface area contributed by atoms with Gasteiger partial charge in [-0.05, 0) is 36.2 Å². The summed E-state index contributed by atoms with van der Waals surface area (Å²) in [7, 11) is 0. The van der Waals surface area contributed by atoms with Crippen LogP contribution < -0.4 is 5.32 Å². The van der Waals surface area contributed by atoms with Crippen molar-refractivity contribution in [1.82, 2.24) is 20.0 Å². The van der Waals surface area contributed by atoms with E-state index >= 15 is 0 Å². The minimum Gasteiger partial charge on any atom is -0.297 e. The minimum absolute atomic E-state index is 0.0652. The quantitative estimate of drug-likeness (QED) is 0.468. The molecule has 0 radical (unpaired) electrons. The van der Waals surface area contributed by atoms with Crippen molar-refractivity contribution < 1.29 is 28.0 Å². The number of imide groups is 2. The Morgan fingerprint density at radius 1 is 0.780 bits per heavy atom. The Bertz CT molecular complexity index is 1510. The van der Waals surface area contributed by atoms with Gasteiger partial charge in [-0.15, -0.1) is 0 Å². The summed E-state index contributed by atoms with van der Waals surface area (Å²) in [5.41, 5.74) is 2.17. The molecule has 0 spiro atoms. The average molecular weight is 559 g/mol. The van der Waals surface area contributed by atoms with Gasteiger partial charge in [-0.25, -0.2) is 8.78 Å². The predicted octanol–water partition coefficient (Wildman–Crippen LogP) is 3.27. The molecular formula is C31H28F2N4O4. The van der Waals surface area contributed by atoms with E-state index in [0.717, 1.165) is 10.5 Å². The average Bonchev–Trinajstić information content (AvgIpc) is 3.20. The third kappa shape index (κ3) is 5.05. The Labute approximate surface area is 235 Å². The standard InChI is InChI=1S/C31H28F2N4O4/c32-24-7-3-1-5-21(24)28(22-6-2-4-8-25(22)33)36-15-13-35(14-16-36)18-19-9-10-20-23(17-19)31(41)37(30(20)40)26-11-12-27(38)34-29(26)39/h1-10,17,26,28H,11-16,18H2,(H,34,38,39). The van der Waals surface area contributed by atoms with Crippen LogP contribution in [0.4, 0.5) is 8.78 Å². The molecule has 4 amide bonds. The molecule has 1 N–H and O–H groups in total. The lowest BCUT2D eigenvalue weighted by Gasteiger charge is -2.40. The highest BCUT2D eigenvalue weighted by molar-refractivity contribution is 6.23. The van der Waals surface area contributed by atoms with Gasteiger partial charge in [0, 0.05) is 50.3 Å². The van der Waals surface area contributed by atoms with Crippen LogP contribution in [0.1, 0.15) is 56.3 Å². The molecule has 6 rings (SSSR count). The van der Waals surface area contributed by atoms with E-state index in [1.165, 1.54) is 12.1 Å². The largest absolute Gasteiger partial charge is 0.297 e. The van der Waals surface area contributed by atoms with Crippen LogP contribution in [0, 0.1) is 11.6 Å². The van der Waals surface area contributed by atoms with Gasteiger partial charge in [0.05, 0.1) is 17.2 Å². The molecule has 3 heterocycles. The zero-order valence-corrected chi connectivity index (χ0v) is 22.2. The number of nitrogens with one attached hydrogen (secondary N) is 1. The molecule has 3 aliphatic heterocycles. The fourth-order valence-corrected chi connectivity index (χ4v) is 6.01. The van der Waals surface area contributed by atoms with Gasteiger partial charge in [0.1, 0.15) is 17.7 Å². The highest BCUT2D eigenvalue weighted by atomic mass is 19.1. The Kier molecular flexibility index (Phi) is 7.19. The van der Waals surface area contributed by atoms with Gasteiger partial charge in [-0.3, -0.25) is 39.2 Å². The summed E-state index contributed by atoms with van der Waals surface area (Å²) in [5.74, 6) is -2.90. The summed E-state index contributed by atoms with van der Waals surface area (Å²) in [4.78, 5) is 55.2. The zero-order chi connectivity index (χ0) is 28.7. The summed E-state index contributed by atoms with van der Waals surface area (Å²) in [6.45, 7) is 2.92. The third-order valence-corrected chi connectivity index (χ3v) is 8.08. The Hall–Kier alpha value is -4.28. The van der Waals surface area contributed by atoms with Crippen molar-refractivity contribution in [2.75, 3.05) is 26.2 Å². The first-order chi connectivity index (χ1) is 19.8. The van der Waals surface area contributed by atoms with Crippen LogP contribution in [0.3, 0.4) is 0 Å². The van der Waals surface area contributed by atoms with Crippen LogP contribution in [-0.2, 0) is 16.1 Å². The first-order valence-corrected chi connectivity index (χ1v) is 13.6. The van der Waals surface area contributed by atoms with E-state index in [-0.39, 0.29) is 35.6 Å². The molecule has 0 saturated carbocycles. The maximum Gasteiger partial charge on any atom is 0.262 e. The van der Waals surface area contributed by atoms with Crippen LogP contribution >= 0.6 is 0 Å². The fourth-order valence-electron chi connectivity index (χ4n) is 6.01. The molecule has 1 unspecified atom stereocenters. The van der Waals surface area contributed by atoms with Gasteiger partial charge in [-0.2, -0.15) is 0 Å². The smallest absolute Gasteiger partial charge is 0.262 e. The SMILES string of the molecule is O=C1CCC(N2C(=O)c3ccc(CN4CCN(C(c5ccccc5F)c5ccccc5F)CC4)cc3C2=O)C(=O)N1. The van der Waals surface area contributed by atoms with Crippen molar-refractivity contribution in [3.05, 3.63) is 106 Å². The molecule has 8 nitrogen and oxygen atoms in total. The van der Waals surface area contributed by atoms with Crippen LogP contribution in [0.5, 0.6) is 0 Å². The number of piperazine rings is 1. The molecule has 3 aromatic rings. The first-order valence-electron chi connectivity index (χ1n) is 13.6. The van der Waals surface area contributed by atoms with Gasteiger partial charge >= 0.3 is 0 Å². The molecule has 1 atom stereocenters. The molecule has 0 aliphatic carbocycles. The van der Waals surface area contributed by atoms with E-state index in [9.17, 15) is 28.0 Å². The number of nitrogens with zero attached hydrogens (tertiary/aromatic N) is 3.